The number of carboxylic acids is 1. The van der Waals surface area contributed by atoms with Gasteiger partial charge in [-0.05, 0) is 25.1 Å². The lowest BCUT2D eigenvalue weighted by Crippen LogP contribution is -2.46. The highest BCUT2D eigenvalue weighted by Crippen LogP contribution is 2.14. The number of ether oxygens (including phenoxy) is 1. The molecule has 5 nitrogen and oxygen atoms in total. The lowest BCUT2D eigenvalue weighted by molar-refractivity contribution is -0.192. The monoisotopic (exact) mass is 312 g/mol. The first-order chi connectivity index (χ1) is 9.29. The van der Waals surface area contributed by atoms with E-state index >= 15 is 0 Å². The van der Waals surface area contributed by atoms with E-state index in [0.29, 0.717) is 17.8 Å². The Bertz CT molecular complexity index is 436. The number of halogens is 4. The van der Waals surface area contributed by atoms with Crippen molar-refractivity contribution < 1.29 is 27.8 Å². The Hall–Kier alpha value is -1.54. The third-order valence-electron chi connectivity index (χ3n) is 2.32. The molecule has 1 fully saturated rings. The molecule has 0 unspecified atom stereocenters. The van der Waals surface area contributed by atoms with Crippen LogP contribution in [0.1, 0.15) is 6.42 Å². The van der Waals surface area contributed by atoms with Crippen LogP contribution in [0.15, 0.2) is 18.3 Å². The van der Waals surface area contributed by atoms with E-state index in [1.54, 1.807) is 12.3 Å². The summed E-state index contributed by atoms with van der Waals surface area (Å²) in [7, 11) is 0. The van der Waals surface area contributed by atoms with Crippen LogP contribution in [0, 0.1) is 0 Å². The number of carboxylic acid groups (broad SMARTS) is 1. The Labute approximate surface area is 117 Å². The lowest BCUT2D eigenvalue weighted by Gasteiger charge is -2.27. The molecule has 1 aliphatic heterocycles. The molecular weight excluding hydrogens is 301 g/mol. The molecule has 0 aromatic carbocycles. The number of hydrogen-bond acceptors (Lipinski definition) is 4. The van der Waals surface area contributed by atoms with Crippen LogP contribution in [0.5, 0.6) is 5.75 Å². The highest BCUT2D eigenvalue weighted by molar-refractivity contribution is 6.29. The van der Waals surface area contributed by atoms with Gasteiger partial charge in [0.1, 0.15) is 17.5 Å². The summed E-state index contributed by atoms with van der Waals surface area (Å²) in [6.07, 6.45) is -2.25. The van der Waals surface area contributed by atoms with Crippen molar-refractivity contribution in [1.29, 1.82) is 0 Å². The molecule has 1 aromatic heterocycles. The van der Waals surface area contributed by atoms with Gasteiger partial charge in [0.15, 0.2) is 0 Å². The fourth-order valence-electron chi connectivity index (χ4n) is 1.14. The summed E-state index contributed by atoms with van der Waals surface area (Å²) in [4.78, 5) is 12.8. The van der Waals surface area contributed by atoms with Gasteiger partial charge in [-0.3, -0.25) is 0 Å². The summed E-state index contributed by atoms with van der Waals surface area (Å²) in [6.45, 7) is 1.82. The Morgan fingerprint density at radius 3 is 2.50 bits per heavy atom. The summed E-state index contributed by atoms with van der Waals surface area (Å²) in [5.74, 6) is -1.98. The quantitative estimate of drug-likeness (QED) is 0.836. The number of carbonyl (C=O) groups is 1. The first kappa shape index (κ1) is 16.5. The minimum atomic E-state index is -5.08. The zero-order valence-corrected chi connectivity index (χ0v) is 10.9. The number of aliphatic carboxylic acids is 1. The van der Waals surface area contributed by atoms with Crippen LogP contribution in [0.4, 0.5) is 13.2 Å². The van der Waals surface area contributed by atoms with E-state index in [1.165, 1.54) is 6.42 Å². The first-order valence-corrected chi connectivity index (χ1v) is 5.94. The molecule has 0 amide bonds. The number of nitrogens with one attached hydrogen (secondary N) is 1. The Kier molecular flexibility index (Phi) is 6.03. The van der Waals surface area contributed by atoms with Crippen LogP contribution in [0.2, 0.25) is 5.15 Å². The van der Waals surface area contributed by atoms with Gasteiger partial charge in [0.05, 0.1) is 6.20 Å². The van der Waals surface area contributed by atoms with Crippen molar-refractivity contribution >= 4 is 17.6 Å². The van der Waals surface area contributed by atoms with E-state index in [0.717, 1.165) is 12.3 Å². The van der Waals surface area contributed by atoms with Crippen LogP contribution in [0.3, 0.4) is 0 Å². The van der Waals surface area contributed by atoms with Gasteiger partial charge < -0.3 is 15.2 Å². The Morgan fingerprint density at radius 1 is 1.55 bits per heavy atom. The normalized spacial score (nSPS) is 17.5. The van der Waals surface area contributed by atoms with Gasteiger partial charge in [-0.15, -0.1) is 0 Å². The smallest absolute Gasteiger partial charge is 0.490 e. The molecule has 0 radical (unpaired) electrons. The topological polar surface area (TPSA) is 71.5 Å². The summed E-state index contributed by atoms with van der Waals surface area (Å²) in [6, 6.07) is 4.06. The maximum absolute atomic E-state index is 10.6. The van der Waals surface area contributed by atoms with Crippen molar-refractivity contribution in [2.45, 2.75) is 18.6 Å². The molecule has 112 valence electrons. The molecule has 1 saturated heterocycles. The zero-order valence-electron chi connectivity index (χ0n) is 10.2. The summed E-state index contributed by atoms with van der Waals surface area (Å²) >= 11 is 5.63. The van der Waals surface area contributed by atoms with Crippen LogP contribution < -0.4 is 10.1 Å². The lowest BCUT2D eigenvalue weighted by atomic mass is 10.1. The molecule has 0 saturated carbocycles. The molecule has 1 atom stereocenters. The first-order valence-electron chi connectivity index (χ1n) is 5.57. The predicted molar refractivity (Wildman–Crippen MR) is 64.8 cm³/mol. The number of alkyl halides is 3. The van der Waals surface area contributed by atoms with E-state index in [2.05, 4.69) is 10.3 Å². The molecule has 0 aliphatic carbocycles. The van der Waals surface area contributed by atoms with Gasteiger partial charge in [-0.25, -0.2) is 9.78 Å². The number of hydrogen-bond donors (Lipinski definition) is 2. The molecule has 2 rings (SSSR count). The predicted octanol–water partition coefficient (Wildman–Crippen LogP) is 2.11. The van der Waals surface area contributed by atoms with E-state index in [4.69, 9.17) is 26.2 Å². The van der Waals surface area contributed by atoms with Gasteiger partial charge in [0.25, 0.3) is 0 Å². The van der Waals surface area contributed by atoms with Crippen molar-refractivity contribution in [3.8, 4) is 5.75 Å². The molecule has 1 aliphatic rings. The average Bonchev–Trinajstić information content (AvgIpc) is 2.29. The van der Waals surface area contributed by atoms with Crippen molar-refractivity contribution in [2.24, 2.45) is 0 Å². The second-order valence-corrected chi connectivity index (χ2v) is 4.26. The average molecular weight is 313 g/mol. The standard InChI is InChI=1S/C9H11ClN2O.C2HF3O2/c10-9-2-1-8(5-12-9)13-6-7-3-4-11-7;3-2(4,5)1(6)7/h1-2,5,7,11H,3-4,6H2;(H,6,7)/t7-;/m1./s1. The van der Waals surface area contributed by atoms with Gasteiger partial charge in [0, 0.05) is 6.04 Å². The number of nitrogens with zero attached hydrogens (tertiary/aromatic N) is 1. The second kappa shape index (κ2) is 7.30. The second-order valence-electron chi connectivity index (χ2n) is 3.87. The van der Waals surface area contributed by atoms with Gasteiger partial charge in [-0.1, -0.05) is 11.6 Å². The van der Waals surface area contributed by atoms with Crippen LogP contribution in [-0.4, -0.2) is 41.4 Å². The molecule has 2 N–H and O–H groups in total. The largest absolute Gasteiger partial charge is 0.490 e. The molecule has 0 bridgehead atoms. The maximum atomic E-state index is 10.6. The molecule has 9 heteroatoms. The number of rotatable bonds is 3. The highest BCUT2D eigenvalue weighted by atomic mass is 35.5. The number of pyridine rings is 1. The van der Waals surface area contributed by atoms with Gasteiger partial charge >= 0.3 is 12.1 Å². The van der Waals surface area contributed by atoms with E-state index < -0.39 is 12.1 Å². The molecular formula is C11H12ClF3N2O3. The summed E-state index contributed by atoms with van der Waals surface area (Å²) < 4.78 is 37.2. The van der Waals surface area contributed by atoms with E-state index in [9.17, 15) is 13.2 Å². The SMILES string of the molecule is Clc1ccc(OC[C@H]2CCN2)cn1.O=C(O)C(F)(F)F. The third kappa shape index (κ3) is 6.07. The molecule has 1 aromatic rings. The molecule has 20 heavy (non-hydrogen) atoms. The van der Waals surface area contributed by atoms with Crippen molar-refractivity contribution in [1.82, 2.24) is 10.3 Å². The van der Waals surface area contributed by atoms with Crippen molar-refractivity contribution in [3.63, 3.8) is 0 Å². The van der Waals surface area contributed by atoms with Crippen LogP contribution in [-0.2, 0) is 4.79 Å². The van der Waals surface area contributed by atoms with Gasteiger partial charge in [-0.2, -0.15) is 13.2 Å². The van der Waals surface area contributed by atoms with E-state index in [-0.39, 0.29) is 0 Å². The van der Waals surface area contributed by atoms with Crippen LogP contribution in [0.25, 0.3) is 0 Å². The number of aromatic nitrogens is 1. The fraction of sp³-hybridized carbons (Fsp3) is 0.455. The van der Waals surface area contributed by atoms with Crippen molar-refractivity contribution in [3.05, 3.63) is 23.5 Å². The van der Waals surface area contributed by atoms with E-state index in [1.807, 2.05) is 6.07 Å². The zero-order chi connectivity index (χ0) is 15.2. The molecule has 0 spiro atoms. The summed E-state index contributed by atoms with van der Waals surface area (Å²) in [5, 5.41) is 10.9. The minimum Gasteiger partial charge on any atom is -0.490 e. The Balaban J connectivity index is 0.000000246. The van der Waals surface area contributed by atoms with Gasteiger partial charge in [0.2, 0.25) is 0 Å². The highest BCUT2D eigenvalue weighted by Gasteiger charge is 2.38. The fourth-order valence-corrected chi connectivity index (χ4v) is 1.25. The molecule has 2 heterocycles. The maximum Gasteiger partial charge on any atom is 0.490 e. The Morgan fingerprint density at radius 2 is 2.15 bits per heavy atom. The minimum absolute atomic E-state index is 0.495. The van der Waals surface area contributed by atoms with Crippen LogP contribution >= 0.6 is 11.6 Å². The van der Waals surface area contributed by atoms with Crippen molar-refractivity contribution in [2.75, 3.05) is 13.2 Å². The third-order valence-corrected chi connectivity index (χ3v) is 2.54. The summed E-state index contributed by atoms with van der Waals surface area (Å²) in [5.41, 5.74) is 0.